The zero-order valence-corrected chi connectivity index (χ0v) is 11.7. The second kappa shape index (κ2) is 5.22. The molecule has 0 bridgehead atoms. The van der Waals surface area contributed by atoms with E-state index in [9.17, 15) is 0 Å². The molecule has 21 heavy (non-hydrogen) atoms. The number of oxazole rings is 1. The maximum Gasteiger partial charge on any atom is 0.227 e. The fourth-order valence-electron chi connectivity index (χ4n) is 2.73. The van der Waals surface area contributed by atoms with Crippen molar-refractivity contribution in [2.45, 2.75) is 0 Å². The first-order valence-corrected chi connectivity index (χ1v) is 7.32. The van der Waals surface area contributed by atoms with Gasteiger partial charge in [0.2, 0.25) is 5.89 Å². The van der Waals surface area contributed by atoms with E-state index in [1.54, 1.807) is 0 Å². The number of para-hydroxylation sites is 2. The van der Waals surface area contributed by atoms with Gasteiger partial charge in [0.05, 0.1) is 0 Å². The zero-order chi connectivity index (χ0) is 14.1. The summed E-state index contributed by atoms with van der Waals surface area (Å²) < 4.78 is 5.80. The van der Waals surface area contributed by atoms with Crippen LogP contribution in [0.4, 0.5) is 5.69 Å². The largest absolute Gasteiger partial charge is 0.436 e. The van der Waals surface area contributed by atoms with E-state index in [1.165, 1.54) is 5.69 Å². The average Bonchev–Trinajstić information content (AvgIpc) is 3.00. The van der Waals surface area contributed by atoms with E-state index in [4.69, 9.17) is 4.42 Å². The van der Waals surface area contributed by atoms with Crippen LogP contribution in [-0.2, 0) is 0 Å². The number of nitrogens with one attached hydrogen (secondary N) is 1. The Labute approximate surface area is 123 Å². The van der Waals surface area contributed by atoms with Gasteiger partial charge < -0.3 is 14.6 Å². The fourth-order valence-corrected chi connectivity index (χ4v) is 2.73. The van der Waals surface area contributed by atoms with Crippen LogP contribution in [0.5, 0.6) is 0 Å². The van der Waals surface area contributed by atoms with Gasteiger partial charge in [-0.2, -0.15) is 0 Å². The normalized spacial score (nSPS) is 15.5. The molecule has 4 nitrogen and oxygen atoms in total. The van der Waals surface area contributed by atoms with Gasteiger partial charge in [0.1, 0.15) is 5.52 Å². The van der Waals surface area contributed by atoms with Crippen LogP contribution in [-0.4, -0.2) is 31.2 Å². The number of fused-ring (bicyclic) bond motifs is 1. The third kappa shape index (κ3) is 2.38. The minimum atomic E-state index is 0.683. The summed E-state index contributed by atoms with van der Waals surface area (Å²) in [7, 11) is 0. The molecule has 0 amide bonds. The minimum Gasteiger partial charge on any atom is -0.436 e. The molecule has 4 rings (SSSR count). The number of piperazine rings is 1. The van der Waals surface area contributed by atoms with Gasteiger partial charge in [-0.05, 0) is 36.4 Å². The molecule has 1 aliphatic rings. The molecule has 0 saturated carbocycles. The van der Waals surface area contributed by atoms with Crippen LogP contribution >= 0.6 is 0 Å². The monoisotopic (exact) mass is 279 g/mol. The highest BCUT2D eigenvalue weighted by molar-refractivity contribution is 5.76. The number of nitrogens with zero attached hydrogens (tertiary/aromatic N) is 2. The Hall–Kier alpha value is -2.33. The summed E-state index contributed by atoms with van der Waals surface area (Å²) in [6.07, 6.45) is 0. The van der Waals surface area contributed by atoms with E-state index in [0.29, 0.717) is 5.89 Å². The molecule has 1 N–H and O–H groups in total. The third-order valence-electron chi connectivity index (χ3n) is 3.89. The van der Waals surface area contributed by atoms with E-state index >= 15 is 0 Å². The van der Waals surface area contributed by atoms with Crippen LogP contribution in [0, 0.1) is 0 Å². The van der Waals surface area contributed by atoms with E-state index in [-0.39, 0.29) is 0 Å². The molecule has 3 aromatic rings. The Kier molecular flexibility index (Phi) is 3.09. The smallest absolute Gasteiger partial charge is 0.227 e. The fraction of sp³-hybridized carbons (Fsp3) is 0.235. The van der Waals surface area contributed by atoms with E-state index in [2.05, 4.69) is 39.5 Å². The number of hydrogen-bond acceptors (Lipinski definition) is 4. The summed E-state index contributed by atoms with van der Waals surface area (Å²) in [5.41, 5.74) is 4.01. The Balaban J connectivity index is 1.63. The SMILES string of the molecule is c1ccc2oc(-c3ccc(N4CCNCC4)cc3)nc2c1. The van der Waals surface area contributed by atoms with Crippen molar-refractivity contribution in [3.05, 3.63) is 48.5 Å². The predicted octanol–water partition coefficient (Wildman–Crippen LogP) is 2.90. The van der Waals surface area contributed by atoms with Crippen LogP contribution in [0.2, 0.25) is 0 Å². The maximum absolute atomic E-state index is 5.80. The molecule has 0 unspecified atom stereocenters. The predicted molar refractivity (Wildman–Crippen MR) is 84.5 cm³/mol. The number of benzene rings is 2. The van der Waals surface area contributed by atoms with Crippen molar-refractivity contribution in [3.63, 3.8) is 0 Å². The average molecular weight is 279 g/mol. The summed E-state index contributed by atoms with van der Waals surface area (Å²) in [5, 5.41) is 3.37. The first kappa shape index (κ1) is 12.4. The van der Waals surface area contributed by atoms with Crippen molar-refractivity contribution in [2.24, 2.45) is 0 Å². The Morgan fingerprint density at radius 1 is 0.952 bits per heavy atom. The molecule has 1 saturated heterocycles. The molecular formula is C17H17N3O. The molecule has 4 heteroatoms. The lowest BCUT2D eigenvalue weighted by Gasteiger charge is -2.29. The molecule has 1 aromatic heterocycles. The standard InChI is InChI=1S/C17H17N3O/c1-2-4-16-15(3-1)19-17(21-16)13-5-7-14(8-6-13)20-11-9-18-10-12-20/h1-8,18H,9-12H2. The minimum absolute atomic E-state index is 0.683. The quantitative estimate of drug-likeness (QED) is 0.783. The highest BCUT2D eigenvalue weighted by atomic mass is 16.3. The van der Waals surface area contributed by atoms with Crippen molar-refractivity contribution in [3.8, 4) is 11.5 Å². The lowest BCUT2D eigenvalue weighted by atomic mass is 10.2. The van der Waals surface area contributed by atoms with Gasteiger partial charge >= 0.3 is 0 Å². The van der Waals surface area contributed by atoms with Crippen LogP contribution in [0.1, 0.15) is 0 Å². The molecular weight excluding hydrogens is 262 g/mol. The molecule has 0 radical (unpaired) electrons. The number of aromatic nitrogens is 1. The molecule has 1 aliphatic heterocycles. The molecule has 0 aliphatic carbocycles. The Morgan fingerprint density at radius 2 is 1.71 bits per heavy atom. The Bertz CT molecular complexity index is 709. The lowest BCUT2D eigenvalue weighted by Crippen LogP contribution is -2.43. The number of anilines is 1. The summed E-state index contributed by atoms with van der Waals surface area (Å²) in [6.45, 7) is 4.21. The number of hydrogen-bond donors (Lipinski definition) is 1. The summed E-state index contributed by atoms with van der Waals surface area (Å²) >= 11 is 0. The van der Waals surface area contributed by atoms with Gasteiger partial charge in [-0.3, -0.25) is 0 Å². The highest BCUT2D eigenvalue weighted by Crippen LogP contribution is 2.26. The zero-order valence-electron chi connectivity index (χ0n) is 11.7. The van der Waals surface area contributed by atoms with Gasteiger partial charge in [0, 0.05) is 37.4 Å². The molecule has 2 heterocycles. The van der Waals surface area contributed by atoms with Gasteiger partial charge in [0.25, 0.3) is 0 Å². The number of rotatable bonds is 2. The summed E-state index contributed by atoms with van der Waals surface area (Å²) in [4.78, 5) is 6.93. The van der Waals surface area contributed by atoms with Gasteiger partial charge in [0.15, 0.2) is 5.58 Å². The van der Waals surface area contributed by atoms with Crippen LogP contribution < -0.4 is 10.2 Å². The second-order valence-electron chi connectivity index (χ2n) is 5.27. The highest BCUT2D eigenvalue weighted by Gasteiger charge is 2.12. The Morgan fingerprint density at radius 3 is 2.48 bits per heavy atom. The van der Waals surface area contributed by atoms with E-state index in [1.807, 2.05) is 24.3 Å². The molecule has 0 spiro atoms. The van der Waals surface area contributed by atoms with E-state index in [0.717, 1.165) is 42.8 Å². The van der Waals surface area contributed by atoms with Crippen LogP contribution in [0.3, 0.4) is 0 Å². The first-order chi connectivity index (χ1) is 10.4. The summed E-state index contributed by atoms with van der Waals surface area (Å²) in [6, 6.07) is 16.3. The topological polar surface area (TPSA) is 41.3 Å². The van der Waals surface area contributed by atoms with Gasteiger partial charge in [-0.1, -0.05) is 12.1 Å². The van der Waals surface area contributed by atoms with Crippen molar-refractivity contribution >= 4 is 16.8 Å². The summed E-state index contributed by atoms with van der Waals surface area (Å²) in [5.74, 6) is 0.683. The van der Waals surface area contributed by atoms with Crippen LogP contribution in [0.25, 0.3) is 22.6 Å². The van der Waals surface area contributed by atoms with Crippen molar-refractivity contribution in [1.82, 2.24) is 10.3 Å². The van der Waals surface area contributed by atoms with Gasteiger partial charge in [-0.15, -0.1) is 0 Å². The molecule has 1 fully saturated rings. The maximum atomic E-state index is 5.80. The van der Waals surface area contributed by atoms with Crippen molar-refractivity contribution < 1.29 is 4.42 Å². The van der Waals surface area contributed by atoms with E-state index < -0.39 is 0 Å². The molecule has 2 aromatic carbocycles. The van der Waals surface area contributed by atoms with Crippen molar-refractivity contribution in [1.29, 1.82) is 0 Å². The van der Waals surface area contributed by atoms with Crippen molar-refractivity contribution in [2.75, 3.05) is 31.1 Å². The third-order valence-corrected chi connectivity index (χ3v) is 3.89. The lowest BCUT2D eigenvalue weighted by molar-refractivity contribution is 0.589. The van der Waals surface area contributed by atoms with Gasteiger partial charge in [-0.25, -0.2) is 4.98 Å². The molecule has 106 valence electrons. The van der Waals surface area contributed by atoms with Crippen LogP contribution in [0.15, 0.2) is 52.9 Å². The first-order valence-electron chi connectivity index (χ1n) is 7.32. The molecule has 0 atom stereocenters. The second-order valence-corrected chi connectivity index (χ2v) is 5.27.